The van der Waals surface area contributed by atoms with E-state index >= 15 is 0 Å². The van der Waals surface area contributed by atoms with Crippen molar-refractivity contribution in [1.82, 2.24) is 16.2 Å². The van der Waals surface area contributed by atoms with Crippen LogP contribution < -0.4 is 16.2 Å². The van der Waals surface area contributed by atoms with Crippen molar-refractivity contribution in [3.63, 3.8) is 0 Å². The maximum Gasteiger partial charge on any atom is 0.140 e. The summed E-state index contributed by atoms with van der Waals surface area (Å²) >= 11 is 0. The maximum atomic E-state index is 13.7. The first-order valence-electron chi connectivity index (χ1n) is 4.01. The molecule has 3 N–H and O–H groups in total. The normalized spacial score (nSPS) is 34.1. The first kappa shape index (κ1) is 8.90. The van der Waals surface area contributed by atoms with Gasteiger partial charge in [0.05, 0.1) is 6.04 Å². The Morgan fingerprint density at radius 2 is 2.36 bits per heavy atom. The molecule has 2 unspecified atom stereocenters. The summed E-state index contributed by atoms with van der Waals surface area (Å²) < 4.78 is 13.7. The van der Waals surface area contributed by atoms with E-state index < -0.39 is 5.67 Å². The molecule has 1 fully saturated rings. The van der Waals surface area contributed by atoms with E-state index in [4.69, 9.17) is 0 Å². The van der Waals surface area contributed by atoms with Gasteiger partial charge in [-0.15, -0.1) is 0 Å². The molecule has 0 bridgehead atoms. The second-order valence-electron chi connectivity index (χ2n) is 3.08. The van der Waals surface area contributed by atoms with Crippen LogP contribution in [0.15, 0.2) is 0 Å². The molecule has 0 aromatic heterocycles. The molecule has 66 valence electrons. The fourth-order valence-corrected chi connectivity index (χ4v) is 1.40. The van der Waals surface area contributed by atoms with Crippen molar-refractivity contribution in [3.8, 4) is 0 Å². The molecule has 0 radical (unpaired) electrons. The highest BCUT2D eigenvalue weighted by Crippen LogP contribution is 2.23. The zero-order valence-corrected chi connectivity index (χ0v) is 7.08. The topological polar surface area (TPSA) is 36.1 Å². The molecule has 0 aromatic rings. The monoisotopic (exact) mass is 161 g/mol. The fraction of sp³-hybridized carbons (Fsp3) is 1.00. The highest BCUT2D eigenvalue weighted by atomic mass is 19.1. The summed E-state index contributed by atoms with van der Waals surface area (Å²) in [7, 11) is 1.75. The molecule has 0 aliphatic carbocycles. The van der Waals surface area contributed by atoms with Gasteiger partial charge in [0.25, 0.3) is 0 Å². The Balaban J connectivity index is 2.42. The van der Waals surface area contributed by atoms with E-state index in [9.17, 15) is 4.39 Å². The number of halogens is 1. The lowest BCUT2D eigenvalue weighted by Gasteiger charge is -2.26. The quantitative estimate of drug-likeness (QED) is 0.502. The van der Waals surface area contributed by atoms with E-state index in [2.05, 4.69) is 16.2 Å². The zero-order valence-electron chi connectivity index (χ0n) is 7.08. The minimum atomic E-state index is -1.08. The molecule has 0 saturated carbocycles. The second-order valence-corrected chi connectivity index (χ2v) is 3.08. The van der Waals surface area contributed by atoms with Gasteiger partial charge in [-0.05, 0) is 26.9 Å². The molecule has 0 spiro atoms. The molecular formula is C7H16FN3. The van der Waals surface area contributed by atoms with Gasteiger partial charge in [0, 0.05) is 6.54 Å². The van der Waals surface area contributed by atoms with Gasteiger partial charge < -0.3 is 5.32 Å². The average Bonchev–Trinajstić information content (AvgIpc) is 2.38. The summed E-state index contributed by atoms with van der Waals surface area (Å²) in [4.78, 5) is 0. The summed E-state index contributed by atoms with van der Waals surface area (Å²) in [6.07, 6.45) is 0.600. The van der Waals surface area contributed by atoms with Crippen LogP contribution in [0.2, 0.25) is 0 Å². The zero-order chi connectivity index (χ0) is 8.32. The van der Waals surface area contributed by atoms with Crippen LogP contribution in [0, 0.1) is 0 Å². The van der Waals surface area contributed by atoms with Crippen LogP contribution in [-0.2, 0) is 0 Å². The van der Waals surface area contributed by atoms with Crippen LogP contribution in [0.1, 0.15) is 13.3 Å². The molecule has 4 heteroatoms. The number of hydrogen-bond acceptors (Lipinski definition) is 3. The minimum Gasteiger partial charge on any atom is -0.313 e. The molecule has 1 aliphatic heterocycles. The highest BCUT2D eigenvalue weighted by Gasteiger charge is 2.38. The molecule has 3 nitrogen and oxygen atoms in total. The van der Waals surface area contributed by atoms with Gasteiger partial charge in [0.2, 0.25) is 0 Å². The van der Waals surface area contributed by atoms with E-state index in [1.54, 1.807) is 7.05 Å². The minimum absolute atomic E-state index is 0.137. The maximum absolute atomic E-state index is 13.7. The van der Waals surface area contributed by atoms with Gasteiger partial charge in [-0.1, -0.05) is 0 Å². The van der Waals surface area contributed by atoms with E-state index in [1.807, 2.05) is 6.92 Å². The van der Waals surface area contributed by atoms with E-state index in [0.29, 0.717) is 13.0 Å². The van der Waals surface area contributed by atoms with Crippen LogP contribution in [0.5, 0.6) is 0 Å². The first-order valence-corrected chi connectivity index (χ1v) is 4.01. The summed E-state index contributed by atoms with van der Waals surface area (Å²) in [5.74, 6) is 0. The largest absolute Gasteiger partial charge is 0.313 e. The molecule has 1 heterocycles. The lowest BCUT2D eigenvalue weighted by Crippen LogP contribution is -2.51. The predicted octanol–water partition coefficient (Wildman–Crippen LogP) is -0.199. The van der Waals surface area contributed by atoms with Crippen molar-refractivity contribution in [2.24, 2.45) is 0 Å². The van der Waals surface area contributed by atoms with Crippen molar-refractivity contribution in [2.45, 2.75) is 25.1 Å². The number of alkyl halides is 1. The van der Waals surface area contributed by atoms with Gasteiger partial charge in [0.1, 0.15) is 5.67 Å². The molecule has 0 aromatic carbocycles. The van der Waals surface area contributed by atoms with Crippen LogP contribution >= 0.6 is 0 Å². The molecule has 11 heavy (non-hydrogen) atoms. The number of hydrazine groups is 1. The van der Waals surface area contributed by atoms with Crippen molar-refractivity contribution in [1.29, 1.82) is 0 Å². The SMILES string of the molecule is CNNC(C)C1(F)CCNC1. The lowest BCUT2D eigenvalue weighted by atomic mass is 9.97. The molecule has 2 atom stereocenters. The molecule has 1 saturated heterocycles. The van der Waals surface area contributed by atoms with Gasteiger partial charge >= 0.3 is 0 Å². The van der Waals surface area contributed by atoms with E-state index in [0.717, 1.165) is 6.54 Å². The Labute approximate surface area is 66.7 Å². The summed E-state index contributed by atoms with van der Waals surface area (Å²) in [5.41, 5.74) is 4.53. The third-order valence-corrected chi connectivity index (χ3v) is 2.27. The summed E-state index contributed by atoms with van der Waals surface area (Å²) in [6, 6.07) is -0.137. The average molecular weight is 161 g/mol. The van der Waals surface area contributed by atoms with Gasteiger partial charge in [-0.3, -0.25) is 10.9 Å². The van der Waals surface area contributed by atoms with Crippen LogP contribution in [-0.4, -0.2) is 31.8 Å². The summed E-state index contributed by atoms with van der Waals surface area (Å²) in [5, 5.41) is 3.01. The van der Waals surface area contributed by atoms with Crippen molar-refractivity contribution in [2.75, 3.05) is 20.1 Å². The molecule has 1 rings (SSSR count). The molecule has 1 aliphatic rings. The number of nitrogens with one attached hydrogen (secondary N) is 3. The predicted molar refractivity (Wildman–Crippen MR) is 43.0 cm³/mol. The Bertz CT molecular complexity index is 123. The van der Waals surface area contributed by atoms with Gasteiger partial charge in [-0.2, -0.15) is 0 Å². The summed E-state index contributed by atoms with van der Waals surface area (Å²) in [6.45, 7) is 3.10. The molecular weight excluding hydrogens is 145 g/mol. The van der Waals surface area contributed by atoms with Crippen molar-refractivity contribution < 1.29 is 4.39 Å². The van der Waals surface area contributed by atoms with Crippen LogP contribution in [0.3, 0.4) is 0 Å². The van der Waals surface area contributed by atoms with Gasteiger partial charge in [-0.25, -0.2) is 4.39 Å². The molecule has 0 amide bonds. The number of hydrogen-bond donors (Lipinski definition) is 3. The van der Waals surface area contributed by atoms with E-state index in [-0.39, 0.29) is 6.04 Å². The Morgan fingerprint density at radius 3 is 2.82 bits per heavy atom. The van der Waals surface area contributed by atoms with Gasteiger partial charge in [0.15, 0.2) is 0 Å². The highest BCUT2D eigenvalue weighted by molar-refractivity contribution is 4.95. The first-order chi connectivity index (χ1) is 5.19. The van der Waals surface area contributed by atoms with Crippen molar-refractivity contribution >= 4 is 0 Å². The van der Waals surface area contributed by atoms with Crippen LogP contribution in [0.25, 0.3) is 0 Å². The van der Waals surface area contributed by atoms with Crippen LogP contribution in [0.4, 0.5) is 4.39 Å². The van der Waals surface area contributed by atoms with Crippen molar-refractivity contribution in [3.05, 3.63) is 0 Å². The fourth-order valence-electron chi connectivity index (χ4n) is 1.40. The Morgan fingerprint density at radius 1 is 1.64 bits per heavy atom. The standard InChI is InChI=1S/C7H16FN3/c1-6(11-9-2)7(8)3-4-10-5-7/h6,9-11H,3-5H2,1-2H3. The lowest BCUT2D eigenvalue weighted by molar-refractivity contribution is 0.129. The third-order valence-electron chi connectivity index (χ3n) is 2.27. The van der Waals surface area contributed by atoms with E-state index in [1.165, 1.54) is 0 Å². The number of rotatable bonds is 3. The third kappa shape index (κ3) is 1.89. The Kier molecular flexibility index (Phi) is 2.81. The Hall–Kier alpha value is -0.190. The second kappa shape index (κ2) is 3.47. The smallest absolute Gasteiger partial charge is 0.140 e.